The summed E-state index contributed by atoms with van der Waals surface area (Å²) >= 11 is 0. The number of fused-ring (bicyclic) bond motifs is 1. The van der Waals surface area contributed by atoms with Gasteiger partial charge in [0, 0.05) is 18.9 Å². The lowest BCUT2D eigenvalue weighted by Crippen LogP contribution is -3.00. The van der Waals surface area contributed by atoms with E-state index in [1.807, 2.05) is 6.08 Å². The highest BCUT2D eigenvalue weighted by molar-refractivity contribution is 6.12. The number of hydrogen-bond donors (Lipinski definition) is 0. The van der Waals surface area contributed by atoms with Crippen molar-refractivity contribution in [1.29, 1.82) is 0 Å². The molecule has 3 nitrogen and oxygen atoms in total. The summed E-state index contributed by atoms with van der Waals surface area (Å²) in [6.07, 6.45) is 6.22. The van der Waals surface area contributed by atoms with Crippen LogP contribution in [0.25, 0.3) is 5.57 Å². The molecule has 0 fully saturated rings. The van der Waals surface area contributed by atoms with Gasteiger partial charge in [-0.3, -0.25) is 0 Å². The Bertz CT molecular complexity index is 1110. The zero-order chi connectivity index (χ0) is 22.3. The third-order valence-corrected chi connectivity index (χ3v) is 5.93. The zero-order valence-electron chi connectivity index (χ0n) is 19.3. The Morgan fingerprint density at radius 2 is 1.48 bits per heavy atom. The van der Waals surface area contributed by atoms with Crippen molar-refractivity contribution >= 4 is 11.3 Å². The number of rotatable bonds is 8. The van der Waals surface area contributed by atoms with Crippen molar-refractivity contribution < 1.29 is 31.0 Å². The molecule has 33 heavy (non-hydrogen) atoms. The highest BCUT2D eigenvalue weighted by atomic mass is 79.9. The molecule has 0 atom stereocenters. The third-order valence-electron chi connectivity index (χ3n) is 5.93. The van der Waals surface area contributed by atoms with E-state index < -0.39 is 0 Å². The maximum atomic E-state index is 5.65. The second-order valence-electron chi connectivity index (χ2n) is 7.85. The molecule has 0 radical (unpaired) electrons. The average molecular weight is 504 g/mol. The quantitative estimate of drug-likeness (QED) is 0.348. The fourth-order valence-electron chi connectivity index (χ4n) is 4.27. The van der Waals surface area contributed by atoms with Crippen LogP contribution in [-0.4, -0.2) is 37.6 Å². The van der Waals surface area contributed by atoms with Gasteiger partial charge in [-0.2, -0.15) is 0 Å². The maximum absolute atomic E-state index is 5.65. The van der Waals surface area contributed by atoms with E-state index in [2.05, 4.69) is 90.0 Å². The van der Waals surface area contributed by atoms with Gasteiger partial charge in [0.05, 0.1) is 19.8 Å². The summed E-state index contributed by atoms with van der Waals surface area (Å²) in [7, 11) is 3.38. The van der Waals surface area contributed by atoms with Crippen molar-refractivity contribution in [2.24, 2.45) is 0 Å². The van der Waals surface area contributed by atoms with Gasteiger partial charge < -0.3 is 26.5 Å². The molecule has 1 heterocycles. The SMILES string of the molecule is C=CCC[N+]1=C(C=C(c2ccccc2)c2ccccc2)c2cc(OC)c(OC)cc2CC1.[Br-]. The van der Waals surface area contributed by atoms with Gasteiger partial charge in [-0.05, 0) is 34.4 Å². The summed E-state index contributed by atoms with van der Waals surface area (Å²) in [6, 6.07) is 25.4. The van der Waals surface area contributed by atoms with Crippen molar-refractivity contribution in [3.8, 4) is 11.5 Å². The average Bonchev–Trinajstić information content (AvgIpc) is 2.86. The largest absolute Gasteiger partial charge is 1.00 e. The van der Waals surface area contributed by atoms with Gasteiger partial charge in [-0.1, -0.05) is 66.7 Å². The van der Waals surface area contributed by atoms with Crippen LogP contribution < -0.4 is 26.5 Å². The van der Waals surface area contributed by atoms with Crippen molar-refractivity contribution in [3.63, 3.8) is 0 Å². The minimum atomic E-state index is 0. The van der Waals surface area contributed by atoms with E-state index in [9.17, 15) is 0 Å². The molecule has 0 unspecified atom stereocenters. The van der Waals surface area contributed by atoms with Crippen LogP contribution in [0.1, 0.15) is 28.7 Å². The van der Waals surface area contributed by atoms with Crippen molar-refractivity contribution in [3.05, 3.63) is 114 Å². The van der Waals surface area contributed by atoms with Gasteiger partial charge in [-0.25, -0.2) is 4.58 Å². The third kappa shape index (κ3) is 5.45. The first-order chi connectivity index (χ1) is 15.7. The van der Waals surface area contributed by atoms with Crippen LogP contribution in [0, 0.1) is 0 Å². The molecule has 0 spiro atoms. The molecular weight excluding hydrogens is 474 g/mol. The van der Waals surface area contributed by atoms with E-state index in [0.29, 0.717) is 0 Å². The Balaban J connectivity index is 0.00000306. The Morgan fingerprint density at radius 3 is 2.03 bits per heavy atom. The smallest absolute Gasteiger partial charge is 0.208 e. The Kier molecular flexibility index (Phi) is 8.67. The van der Waals surface area contributed by atoms with Crippen LogP contribution >= 0.6 is 0 Å². The first kappa shape index (κ1) is 24.5. The molecule has 4 rings (SSSR count). The highest BCUT2D eigenvalue weighted by Gasteiger charge is 2.27. The second-order valence-corrected chi connectivity index (χ2v) is 7.85. The summed E-state index contributed by atoms with van der Waals surface area (Å²) in [5, 5.41) is 0. The lowest BCUT2D eigenvalue weighted by atomic mass is 9.91. The summed E-state index contributed by atoms with van der Waals surface area (Å²) in [6.45, 7) is 5.82. The van der Waals surface area contributed by atoms with Crippen molar-refractivity contribution in [2.75, 3.05) is 27.3 Å². The molecule has 0 bridgehead atoms. The van der Waals surface area contributed by atoms with Crippen LogP contribution in [0.15, 0.2) is 91.5 Å². The highest BCUT2D eigenvalue weighted by Crippen LogP contribution is 2.34. The van der Waals surface area contributed by atoms with Crippen LogP contribution in [0.5, 0.6) is 11.5 Å². The molecule has 3 aromatic carbocycles. The number of nitrogens with zero attached hydrogens (tertiary/aromatic N) is 1. The minimum Gasteiger partial charge on any atom is -1.00 e. The van der Waals surface area contributed by atoms with E-state index in [1.54, 1.807) is 14.2 Å². The standard InChI is InChI=1S/C29H30NO2.BrH/c1-4-5-17-30-18-16-24-19-28(31-2)29(32-3)21-26(24)27(30)20-25(22-12-8-6-9-13-22)23-14-10-7-11-15-23;/h4,6-15,19-21H,1,5,16-18H2,2-3H3;1H/q+1;/p-1. The van der Waals surface area contributed by atoms with Gasteiger partial charge in [0.2, 0.25) is 5.71 Å². The van der Waals surface area contributed by atoms with Crippen molar-refractivity contribution in [1.82, 2.24) is 0 Å². The summed E-state index contributed by atoms with van der Waals surface area (Å²) < 4.78 is 13.7. The molecule has 4 heteroatoms. The molecule has 1 aliphatic heterocycles. The number of halogens is 1. The molecule has 0 aliphatic carbocycles. The first-order valence-corrected chi connectivity index (χ1v) is 11.1. The van der Waals surface area contributed by atoms with E-state index in [-0.39, 0.29) is 17.0 Å². The normalized spacial score (nSPS) is 12.3. The minimum absolute atomic E-state index is 0. The van der Waals surface area contributed by atoms with E-state index in [1.165, 1.54) is 33.5 Å². The van der Waals surface area contributed by atoms with Crippen LogP contribution in [0.2, 0.25) is 0 Å². The molecule has 170 valence electrons. The van der Waals surface area contributed by atoms with Crippen molar-refractivity contribution in [2.45, 2.75) is 12.8 Å². The van der Waals surface area contributed by atoms with Crippen LogP contribution in [0.3, 0.4) is 0 Å². The Morgan fingerprint density at radius 1 is 0.909 bits per heavy atom. The molecule has 0 N–H and O–H groups in total. The number of hydrogen-bond acceptors (Lipinski definition) is 2. The molecule has 0 aromatic heterocycles. The monoisotopic (exact) mass is 503 g/mol. The first-order valence-electron chi connectivity index (χ1n) is 11.1. The predicted molar refractivity (Wildman–Crippen MR) is 132 cm³/mol. The Labute approximate surface area is 207 Å². The molecule has 0 saturated heterocycles. The van der Waals surface area contributed by atoms with Crippen LogP contribution in [0.4, 0.5) is 0 Å². The van der Waals surface area contributed by atoms with Crippen LogP contribution in [-0.2, 0) is 6.42 Å². The van der Waals surface area contributed by atoms with E-state index >= 15 is 0 Å². The summed E-state index contributed by atoms with van der Waals surface area (Å²) in [5.41, 5.74) is 7.28. The van der Waals surface area contributed by atoms with E-state index in [4.69, 9.17) is 9.47 Å². The zero-order valence-corrected chi connectivity index (χ0v) is 20.8. The lowest BCUT2D eigenvalue weighted by Gasteiger charge is -2.20. The lowest BCUT2D eigenvalue weighted by molar-refractivity contribution is -0.526. The molecule has 0 amide bonds. The molecular formula is C29H30BrNO2. The van der Waals surface area contributed by atoms with Gasteiger partial charge in [-0.15, -0.1) is 6.58 Å². The second kappa shape index (κ2) is 11.7. The maximum Gasteiger partial charge on any atom is 0.208 e. The fourth-order valence-corrected chi connectivity index (χ4v) is 4.27. The van der Waals surface area contributed by atoms with Gasteiger partial charge in [0.25, 0.3) is 0 Å². The van der Waals surface area contributed by atoms with Gasteiger partial charge >= 0.3 is 0 Å². The number of allylic oxidation sites excluding steroid dienone is 1. The van der Waals surface area contributed by atoms with Gasteiger partial charge in [0.1, 0.15) is 13.1 Å². The fraction of sp³-hybridized carbons (Fsp3) is 0.207. The number of ether oxygens (including phenoxy) is 2. The number of benzene rings is 3. The van der Waals surface area contributed by atoms with Gasteiger partial charge in [0.15, 0.2) is 11.5 Å². The summed E-state index contributed by atoms with van der Waals surface area (Å²) in [5.74, 6) is 1.53. The topological polar surface area (TPSA) is 21.5 Å². The summed E-state index contributed by atoms with van der Waals surface area (Å²) in [4.78, 5) is 0. The Hall–Kier alpha value is -3.11. The molecule has 1 aliphatic rings. The molecule has 3 aromatic rings. The molecule has 0 saturated carbocycles. The predicted octanol–water partition coefficient (Wildman–Crippen LogP) is 2.77. The van der Waals surface area contributed by atoms with E-state index in [0.717, 1.165) is 37.4 Å². The number of methoxy groups -OCH3 is 2.